The lowest BCUT2D eigenvalue weighted by molar-refractivity contribution is 0.168. The van der Waals surface area contributed by atoms with Crippen molar-refractivity contribution in [2.24, 2.45) is 0 Å². The maximum absolute atomic E-state index is 11.3. The summed E-state index contributed by atoms with van der Waals surface area (Å²) in [6.45, 7) is 5.35. The van der Waals surface area contributed by atoms with E-state index in [2.05, 4.69) is 22.3 Å². The first-order chi connectivity index (χ1) is 10.7. The highest BCUT2D eigenvalue weighted by molar-refractivity contribution is 5.84. The van der Waals surface area contributed by atoms with Gasteiger partial charge in [0, 0.05) is 12.2 Å². The van der Waals surface area contributed by atoms with E-state index >= 15 is 0 Å². The Balaban J connectivity index is 1.88. The van der Waals surface area contributed by atoms with Crippen molar-refractivity contribution in [3.05, 3.63) is 36.4 Å². The summed E-state index contributed by atoms with van der Waals surface area (Å²) in [5, 5.41) is 6.77. The highest BCUT2D eigenvalue weighted by Gasteiger charge is 2.05. The number of hydrogen-bond donors (Lipinski definition) is 1. The van der Waals surface area contributed by atoms with E-state index in [4.69, 9.17) is 9.47 Å². The lowest BCUT2D eigenvalue weighted by atomic mass is 10.3. The predicted molar refractivity (Wildman–Crippen MR) is 81.7 cm³/mol. The first-order valence-corrected chi connectivity index (χ1v) is 7.26. The third-order valence-electron chi connectivity index (χ3n) is 2.88. The lowest BCUT2D eigenvalue weighted by Crippen LogP contribution is -2.13. The Labute approximate surface area is 129 Å². The summed E-state index contributed by atoms with van der Waals surface area (Å²) in [6, 6.07) is 7.07. The molecule has 0 unspecified atom stereocenters. The molecule has 1 aromatic carbocycles. The van der Waals surface area contributed by atoms with Gasteiger partial charge in [-0.25, -0.2) is 14.5 Å². The molecule has 0 saturated carbocycles. The van der Waals surface area contributed by atoms with Gasteiger partial charge >= 0.3 is 6.09 Å². The normalized spacial score (nSPS) is 10.3. The summed E-state index contributed by atoms with van der Waals surface area (Å²) in [7, 11) is 0. The van der Waals surface area contributed by atoms with E-state index in [0.29, 0.717) is 24.7 Å². The van der Waals surface area contributed by atoms with Crippen molar-refractivity contribution < 1.29 is 14.3 Å². The van der Waals surface area contributed by atoms with Gasteiger partial charge in [-0.2, -0.15) is 5.10 Å². The minimum atomic E-state index is -0.469. The fourth-order valence-electron chi connectivity index (χ4n) is 1.87. The Morgan fingerprint density at radius 2 is 2.05 bits per heavy atom. The SMILES string of the molecule is CCCn1ncnc1COc1ccc(NC(=O)OCC)cc1. The summed E-state index contributed by atoms with van der Waals surface area (Å²) in [5.74, 6) is 1.48. The molecule has 1 N–H and O–H groups in total. The molecule has 0 spiro atoms. The van der Waals surface area contributed by atoms with Crippen LogP contribution >= 0.6 is 0 Å². The van der Waals surface area contributed by atoms with Gasteiger partial charge in [0.15, 0.2) is 5.82 Å². The third-order valence-corrected chi connectivity index (χ3v) is 2.88. The smallest absolute Gasteiger partial charge is 0.411 e. The van der Waals surface area contributed by atoms with E-state index in [-0.39, 0.29) is 0 Å². The van der Waals surface area contributed by atoms with Crippen LogP contribution in [0.3, 0.4) is 0 Å². The summed E-state index contributed by atoms with van der Waals surface area (Å²) in [5.41, 5.74) is 0.653. The number of amides is 1. The summed E-state index contributed by atoms with van der Waals surface area (Å²) in [6.07, 6.45) is 2.05. The number of carbonyl (C=O) groups is 1. The van der Waals surface area contributed by atoms with Gasteiger partial charge in [0.25, 0.3) is 0 Å². The van der Waals surface area contributed by atoms with Crippen LogP contribution in [0.1, 0.15) is 26.1 Å². The zero-order valence-corrected chi connectivity index (χ0v) is 12.8. The monoisotopic (exact) mass is 304 g/mol. The highest BCUT2D eigenvalue weighted by Crippen LogP contribution is 2.17. The molecule has 0 aliphatic heterocycles. The number of anilines is 1. The molecule has 0 fully saturated rings. The van der Waals surface area contributed by atoms with Crippen LogP contribution in [0.25, 0.3) is 0 Å². The maximum atomic E-state index is 11.3. The molecule has 22 heavy (non-hydrogen) atoms. The number of ether oxygens (including phenoxy) is 2. The van der Waals surface area contributed by atoms with Crippen molar-refractivity contribution in [2.45, 2.75) is 33.4 Å². The standard InChI is InChI=1S/C15H20N4O3/c1-3-9-19-14(16-11-17-19)10-22-13-7-5-12(6-8-13)18-15(20)21-4-2/h5-8,11H,3-4,9-10H2,1-2H3,(H,18,20). The zero-order valence-electron chi connectivity index (χ0n) is 12.8. The van der Waals surface area contributed by atoms with E-state index in [1.807, 2.05) is 4.68 Å². The van der Waals surface area contributed by atoms with Gasteiger partial charge in [0.2, 0.25) is 0 Å². The first-order valence-electron chi connectivity index (χ1n) is 7.26. The topological polar surface area (TPSA) is 78.3 Å². The molecular formula is C15H20N4O3. The quantitative estimate of drug-likeness (QED) is 0.851. The van der Waals surface area contributed by atoms with Crippen molar-refractivity contribution in [1.82, 2.24) is 14.8 Å². The number of nitrogens with one attached hydrogen (secondary N) is 1. The molecule has 0 bridgehead atoms. The number of hydrogen-bond acceptors (Lipinski definition) is 5. The van der Waals surface area contributed by atoms with Gasteiger partial charge in [-0.05, 0) is 37.6 Å². The van der Waals surface area contributed by atoms with E-state index in [0.717, 1.165) is 18.8 Å². The highest BCUT2D eigenvalue weighted by atomic mass is 16.5. The van der Waals surface area contributed by atoms with Crippen molar-refractivity contribution in [3.63, 3.8) is 0 Å². The Bertz CT molecular complexity index is 595. The number of nitrogens with zero attached hydrogens (tertiary/aromatic N) is 3. The summed E-state index contributed by atoms with van der Waals surface area (Å²) >= 11 is 0. The second-order valence-corrected chi connectivity index (χ2v) is 4.56. The summed E-state index contributed by atoms with van der Waals surface area (Å²) in [4.78, 5) is 15.5. The average Bonchev–Trinajstić information content (AvgIpc) is 2.95. The number of carbonyl (C=O) groups excluding carboxylic acids is 1. The lowest BCUT2D eigenvalue weighted by Gasteiger charge is -2.09. The van der Waals surface area contributed by atoms with E-state index in [1.54, 1.807) is 31.2 Å². The van der Waals surface area contributed by atoms with Gasteiger partial charge < -0.3 is 9.47 Å². The molecule has 118 valence electrons. The molecule has 1 amide bonds. The molecule has 0 radical (unpaired) electrons. The second kappa shape index (κ2) is 8.02. The van der Waals surface area contributed by atoms with Crippen molar-refractivity contribution >= 4 is 11.8 Å². The van der Waals surface area contributed by atoms with Gasteiger partial charge in [0.1, 0.15) is 18.7 Å². The van der Waals surface area contributed by atoms with Crippen LogP contribution in [0.15, 0.2) is 30.6 Å². The Kier molecular flexibility index (Phi) is 5.76. The minimum Gasteiger partial charge on any atom is -0.486 e. The van der Waals surface area contributed by atoms with Gasteiger partial charge in [0.05, 0.1) is 6.61 Å². The molecule has 7 nitrogen and oxygen atoms in total. The minimum absolute atomic E-state index is 0.339. The number of aryl methyl sites for hydroxylation is 1. The number of aromatic nitrogens is 3. The summed E-state index contributed by atoms with van der Waals surface area (Å²) < 4.78 is 12.3. The molecule has 1 heterocycles. The Hall–Kier alpha value is -2.57. The van der Waals surface area contributed by atoms with Crippen LogP contribution in [0.2, 0.25) is 0 Å². The third kappa shape index (κ3) is 4.47. The van der Waals surface area contributed by atoms with Gasteiger partial charge in [-0.1, -0.05) is 6.92 Å². The van der Waals surface area contributed by atoms with Crippen LogP contribution in [0.5, 0.6) is 5.75 Å². The Morgan fingerprint density at radius 1 is 1.27 bits per heavy atom. The molecule has 0 atom stereocenters. The van der Waals surface area contributed by atoms with Gasteiger partial charge in [-0.3, -0.25) is 5.32 Å². The predicted octanol–water partition coefficient (Wildman–Crippen LogP) is 2.84. The zero-order chi connectivity index (χ0) is 15.8. The molecule has 0 saturated heterocycles. The van der Waals surface area contributed by atoms with Crippen molar-refractivity contribution in [1.29, 1.82) is 0 Å². The molecule has 0 aliphatic carbocycles. The van der Waals surface area contributed by atoms with Crippen molar-refractivity contribution in [2.75, 3.05) is 11.9 Å². The number of benzene rings is 1. The van der Waals surface area contributed by atoms with Crippen LogP contribution < -0.4 is 10.1 Å². The molecule has 7 heteroatoms. The maximum Gasteiger partial charge on any atom is 0.411 e. The average molecular weight is 304 g/mol. The molecule has 0 aliphatic rings. The van der Waals surface area contributed by atoms with Gasteiger partial charge in [-0.15, -0.1) is 0 Å². The van der Waals surface area contributed by atoms with E-state index in [9.17, 15) is 4.79 Å². The van der Waals surface area contributed by atoms with Crippen molar-refractivity contribution in [3.8, 4) is 5.75 Å². The largest absolute Gasteiger partial charge is 0.486 e. The molecule has 2 rings (SSSR count). The molecule has 2 aromatic rings. The fraction of sp³-hybridized carbons (Fsp3) is 0.400. The van der Waals surface area contributed by atoms with Crippen LogP contribution in [0, 0.1) is 0 Å². The van der Waals surface area contributed by atoms with E-state index < -0.39 is 6.09 Å². The fourth-order valence-corrected chi connectivity index (χ4v) is 1.87. The molecular weight excluding hydrogens is 284 g/mol. The second-order valence-electron chi connectivity index (χ2n) is 4.56. The van der Waals surface area contributed by atoms with E-state index in [1.165, 1.54) is 6.33 Å². The van der Waals surface area contributed by atoms with Crippen LogP contribution in [0.4, 0.5) is 10.5 Å². The number of rotatable bonds is 7. The van der Waals surface area contributed by atoms with Crippen LogP contribution in [-0.4, -0.2) is 27.5 Å². The van der Waals surface area contributed by atoms with Crippen LogP contribution in [-0.2, 0) is 17.9 Å². The molecule has 1 aromatic heterocycles. The Morgan fingerprint density at radius 3 is 2.73 bits per heavy atom. The first kappa shape index (κ1) is 15.8.